The van der Waals surface area contributed by atoms with Crippen LogP contribution in [-0.4, -0.2) is 48.0 Å². The molecule has 1 aliphatic rings. The molecule has 0 aromatic heterocycles. The number of amides is 2. The van der Waals surface area contributed by atoms with Gasteiger partial charge in [-0.25, -0.2) is 0 Å². The van der Waals surface area contributed by atoms with Crippen molar-refractivity contribution >= 4 is 23.2 Å². The van der Waals surface area contributed by atoms with Crippen molar-refractivity contribution in [3.8, 4) is 5.75 Å². The molecule has 2 N–H and O–H groups in total. The van der Waals surface area contributed by atoms with Gasteiger partial charge in [-0.15, -0.1) is 0 Å². The Labute approximate surface area is 153 Å². The highest BCUT2D eigenvalue weighted by atomic mass is 16.3. The summed E-state index contributed by atoms with van der Waals surface area (Å²) in [6, 6.07) is 12.3. The van der Waals surface area contributed by atoms with Crippen LogP contribution in [-0.2, 0) is 9.59 Å². The number of benzene rings is 2. The maximum absolute atomic E-state index is 12.4. The number of hydrogen-bond acceptors (Lipinski definition) is 4. The summed E-state index contributed by atoms with van der Waals surface area (Å²) in [5.41, 5.74) is 4.16. The van der Waals surface area contributed by atoms with Crippen LogP contribution in [0.1, 0.15) is 11.1 Å². The van der Waals surface area contributed by atoms with Crippen molar-refractivity contribution in [1.82, 2.24) is 4.90 Å². The number of carbonyl (C=O) groups is 2. The maximum Gasteiger partial charge on any atom is 0.313 e. The van der Waals surface area contributed by atoms with Gasteiger partial charge in [-0.2, -0.15) is 0 Å². The van der Waals surface area contributed by atoms with Gasteiger partial charge >= 0.3 is 11.8 Å². The topological polar surface area (TPSA) is 72.9 Å². The molecule has 2 aromatic carbocycles. The smallest absolute Gasteiger partial charge is 0.313 e. The zero-order valence-corrected chi connectivity index (χ0v) is 15.0. The van der Waals surface area contributed by atoms with E-state index < -0.39 is 11.8 Å². The molecule has 0 atom stereocenters. The fraction of sp³-hybridized carbons (Fsp3) is 0.300. The number of phenols is 1. The molecule has 3 rings (SSSR count). The molecule has 2 amide bonds. The Bertz CT molecular complexity index is 810. The van der Waals surface area contributed by atoms with Crippen LogP contribution in [0.2, 0.25) is 0 Å². The molecule has 0 aliphatic carbocycles. The fourth-order valence-corrected chi connectivity index (χ4v) is 3.10. The second kappa shape index (κ2) is 7.47. The van der Waals surface area contributed by atoms with Gasteiger partial charge in [0.05, 0.1) is 0 Å². The molecule has 1 saturated heterocycles. The molecule has 26 heavy (non-hydrogen) atoms. The normalized spacial score (nSPS) is 14.2. The monoisotopic (exact) mass is 353 g/mol. The van der Waals surface area contributed by atoms with E-state index in [0.717, 1.165) is 0 Å². The second-order valence-corrected chi connectivity index (χ2v) is 6.50. The minimum Gasteiger partial charge on any atom is -0.508 e. The van der Waals surface area contributed by atoms with Gasteiger partial charge in [0.2, 0.25) is 0 Å². The number of rotatable bonds is 2. The first-order valence-corrected chi connectivity index (χ1v) is 8.66. The van der Waals surface area contributed by atoms with Crippen LogP contribution in [0.15, 0.2) is 42.5 Å². The van der Waals surface area contributed by atoms with Crippen LogP contribution in [0, 0.1) is 13.8 Å². The number of aromatic hydroxyl groups is 1. The highest BCUT2D eigenvalue weighted by Crippen LogP contribution is 2.24. The predicted octanol–water partition coefficient (Wildman–Crippen LogP) is 2.30. The van der Waals surface area contributed by atoms with E-state index in [1.165, 1.54) is 28.9 Å². The standard InChI is InChI=1S/C20H23N3O3/c1-14-4-3-5-18(15(14)2)22-10-12-23(13-11-22)20(26)19(25)21-16-6-8-17(24)9-7-16/h3-9,24H,10-13H2,1-2H3,(H,21,25). The highest BCUT2D eigenvalue weighted by molar-refractivity contribution is 6.39. The van der Waals surface area contributed by atoms with E-state index in [9.17, 15) is 14.7 Å². The Morgan fingerprint density at radius 3 is 2.27 bits per heavy atom. The summed E-state index contributed by atoms with van der Waals surface area (Å²) < 4.78 is 0. The average Bonchev–Trinajstić information content (AvgIpc) is 2.65. The molecule has 1 aliphatic heterocycles. The summed E-state index contributed by atoms with van der Waals surface area (Å²) in [4.78, 5) is 28.4. The third kappa shape index (κ3) is 3.79. The SMILES string of the molecule is Cc1cccc(N2CCN(C(=O)C(=O)Nc3ccc(O)cc3)CC2)c1C. The van der Waals surface area contributed by atoms with Crippen molar-refractivity contribution < 1.29 is 14.7 Å². The van der Waals surface area contributed by atoms with Crippen LogP contribution < -0.4 is 10.2 Å². The van der Waals surface area contributed by atoms with Crippen LogP contribution >= 0.6 is 0 Å². The summed E-state index contributed by atoms with van der Waals surface area (Å²) in [7, 11) is 0. The van der Waals surface area contributed by atoms with E-state index in [1.54, 1.807) is 17.0 Å². The summed E-state index contributed by atoms with van der Waals surface area (Å²) in [5.74, 6) is -1.08. The maximum atomic E-state index is 12.4. The third-order valence-electron chi connectivity index (χ3n) is 4.80. The first kappa shape index (κ1) is 17.8. The molecule has 136 valence electrons. The van der Waals surface area contributed by atoms with Gasteiger partial charge in [0.15, 0.2) is 0 Å². The van der Waals surface area contributed by atoms with Gasteiger partial charge in [0.25, 0.3) is 0 Å². The first-order chi connectivity index (χ1) is 12.5. The van der Waals surface area contributed by atoms with Crippen LogP contribution in [0.3, 0.4) is 0 Å². The van der Waals surface area contributed by atoms with Gasteiger partial charge < -0.3 is 20.2 Å². The van der Waals surface area contributed by atoms with Crippen molar-refractivity contribution in [2.45, 2.75) is 13.8 Å². The molecular formula is C20H23N3O3. The minimum absolute atomic E-state index is 0.108. The van der Waals surface area contributed by atoms with Gasteiger partial charge in [-0.3, -0.25) is 9.59 Å². The Hall–Kier alpha value is -3.02. The zero-order valence-electron chi connectivity index (χ0n) is 15.0. The lowest BCUT2D eigenvalue weighted by Crippen LogP contribution is -2.51. The summed E-state index contributed by atoms with van der Waals surface area (Å²) >= 11 is 0. The van der Waals surface area contributed by atoms with E-state index in [2.05, 4.69) is 36.2 Å². The van der Waals surface area contributed by atoms with Crippen molar-refractivity contribution in [2.75, 3.05) is 36.4 Å². The first-order valence-electron chi connectivity index (χ1n) is 8.66. The van der Waals surface area contributed by atoms with Gasteiger partial charge in [0, 0.05) is 37.6 Å². The van der Waals surface area contributed by atoms with Gasteiger partial charge in [-0.1, -0.05) is 12.1 Å². The van der Waals surface area contributed by atoms with Crippen LogP contribution in [0.25, 0.3) is 0 Å². The molecule has 6 nitrogen and oxygen atoms in total. The van der Waals surface area contributed by atoms with Crippen LogP contribution in [0.4, 0.5) is 11.4 Å². The molecule has 1 fully saturated rings. The van der Waals surface area contributed by atoms with Gasteiger partial charge in [-0.05, 0) is 55.3 Å². The van der Waals surface area contributed by atoms with E-state index in [-0.39, 0.29) is 5.75 Å². The Kier molecular flexibility index (Phi) is 5.11. The Morgan fingerprint density at radius 2 is 1.62 bits per heavy atom. The molecule has 0 spiro atoms. The largest absolute Gasteiger partial charge is 0.508 e. The molecule has 0 radical (unpaired) electrons. The van der Waals surface area contributed by atoms with E-state index in [1.807, 2.05) is 6.07 Å². The Morgan fingerprint density at radius 1 is 0.962 bits per heavy atom. The number of nitrogens with one attached hydrogen (secondary N) is 1. The number of anilines is 2. The van der Waals surface area contributed by atoms with Gasteiger partial charge in [0.1, 0.15) is 5.75 Å². The molecule has 0 unspecified atom stereocenters. The minimum atomic E-state index is -0.657. The summed E-state index contributed by atoms with van der Waals surface area (Å²) in [6.45, 7) is 6.61. The summed E-state index contributed by atoms with van der Waals surface area (Å²) in [6.07, 6.45) is 0. The van der Waals surface area contributed by atoms with Crippen molar-refractivity contribution in [2.24, 2.45) is 0 Å². The Balaban J connectivity index is 1.58. The third-order valence-corrected chi connectivity index (χ3v) is 4.80. The lowest BCUT2D eigenvalue weighted by atomic mass is 10.1. The molecular weight excluding hydrogens is 330 g/mol. The quantitative estimate of drug-likeness (QED) is 0.642. The van der Waals surface area contributed by atoms with Crippen molar-refractivity contribution in [3.05, 3.63) is 53.6 Å². The molecule has 1 heterocycles. The predicted molar refractivity (Wildman–Crippen MR) is 101 cm³/mol. The van der Waals surface area contributed by atoms with Crippen molar-refractivity contribution in [3.63, 3.8) is 0 Å². The molecule has 2 aromatic rings. The number of aryl methyl sites for hydroxylation is 1. The zero-order chi connectivity index (χ0) is 18.7. The fourth-order valence-electron chi connectivity index (χ4n) is 3.10. The van der Waals surface area contributed by atoms with Crippen LogP contribution in [0.5, 0.6) is 5.75 Å². The van der Waals surface area contributed by atoms with E-state index in [0.29, 0.717) is 31.9 Å². The van der Waals surface area contributed by atoms with E-state index in [4.69, 9.17) is 0 Å². The van der Waals surface area contributed by atoms with E-state index >= 15 is 0 Å². The number of phenolic OH excluding ortho intramolecular Hbond substituents is 1. The molecule has 0 bridgehead atoms. The lowest BCUT2D eigenvalue weighted by molar-refractivity contribution is -0.143. The number of nitrogens with zero attached hydrogens (tertiary/aromatic N) is 2. The molecule has 0 saturated carbocycles. The lowest BCUT2D eigenvalue weighted by Gasteiger charge is -2.36. The second-order valence-electron chi connectivity index (χ2n) is 6.50. The summed E-state index contributed by atoms with van der Waals surface area (Å²) in [5, 5.41) is 11.8. The van der Waals surface area contributed by atoms with Crippen molar-refractivity contribution in [1.29, 1.82) is 0 Å². The number of piperazine rings is 1. The average molecular weight is 353 g/mol. The highest BCUT2D eigenvalue weighted by Gasteiger charge is 2.26. The number of hydrogen-bond donors (Lipinski definition) is 2. The molecule has 6 heteroatoms. The number of carbonyl (C=O) groups excluding carboxylic acids is 2.